The minimum absolute atomic E-state index is 0.0129. The summed E-state index contributed by atoms with van der Waals surface area (Å²) >= 11 is 0.923. The molecule has 0 aliphatic heterocycles. The van der Waals surface area contributed by atoms with Crippen LogP contribution in [0.15, 0.2) is 65.3 Å². The molecule has 37 heavy (non-hydrogen) atoms. The van der Waals surface area contributed by atoms with E-state index in [4.69, 9.17) is 4.43 Å². The van der Waals surface area contributed by atoms with Crippen molar-refractivity contribution in [1.29, 1.82) is 0 Å². The summed E-state index contributed by atoms with van der Waals surface area (Å²) in [5.41, 5.74) is 1.42. The van der Waals surface area contributed by atoms with Crippen LogP contribution in [0.3, 0.4) is 0 Å². The third-order valence-corrected chi connectivity index (χ3v) is 14.9. The van der Waals surface area contributed by atoms with E-state index >= 15 is 4.39 Å². The number of phenols is 3. The quantitative estimate of drug-likeness (QED) is 0.221. The molecule has 3 N–H and O–H groups in total. The molecule has 0 saturated heterocycles. The van der Waals surface area contributed by atoms with E-state index in [1.165, 1.54) is 25.1 Å². The van der Waals surface area contributed by atoms with Gasteiger partial charge in [-0.3, -0.25) is 4.79 Å². The maximum atomic E-state index is 15.2. The Kier molecular flexibility index (Phi) is 8.54. The molecule has 2 unspecified atom stereocenters. The number of carbonyl (C=O) groups excluding carboxylic acids is 1. The fourth-order valence-electron chi connectivity index (χ4n) is 5.71. The van der Waals surface area contributed by atoms with Crippen LogP contribution >= 0.6 is 11.8 Å². The number of hydrogen-bond acceptors (Lipinski definition) is 6. The van der Waals surface area contributed by atoms with Crippen LogP contribution in [-0.2, 0) is 14.0 Å². The molecule has 0 fully saturated rings. The fraction of sp³-hybridized carbons (Fsp3) is 0.414. The van der Waals surface area contributed by atoms with Crippen LogP contribution in [0.25, 0.3) is 0 Å². The van der Waals surface area contributed by atoms with E-state index in [2.05, 4.69) is 41.5 Å². The lowest BCUT2D eigenvalue weighted by Gasteiger charge is -2.45. The summed E-state index contributed by atoms with van der Waals surface area (Å²) in [5.74, 6) is -2.33. The van der Waals surface area contributed by atoms with Crippen LogP contribution in [0.4, 0.5) is 4.39 Å². The molecular weight excluding hydrogens is 507 g/mol. The van der Waals surface area contributed by atoms with Gasteiger partial charge in [0.2, 0.25) is 0 Å². The van der Waals surface area contributed by atoms with Crippen molar-refractivity contribution in [2.24, 2.45) is 5.92 Å². The summed E-state index contributed by atoms with van der Waals surface area (Å²) in [6.45, 7) is 14.5. The highest BCUT2D eigenvalue weighted by atomic mass is 32.2. The lowest BCUT2D eigenvalue weighted by Crippen LogP contribution is -2.48. The number of Topliss-reactive ketones (excluding diaryl/α,β-unsaturated/α-hetero) is 1. The summed E-state index contributed by atoms with van der Waals surface area (Å²) in [6.07, 6.45) is 5.38. The van der Waals surface area contributed by atoms with Gasteiger partial charge in [0.25, 0.3) is 8.32 Å². The molecule has 0 radical (unpaired) electrons. The molecule has 0 amide bonds. The van der Waals surface area contributed by atoms with Crippen molar-refractivity contribution in [1.82, 2.24) is 0 Å². The third-order valence-electron chi connectivity index (χ3n) is 7.34. The smallest absolute Gasteiger partial charge is 0.258 e. The number of thioether (sulfide) groups is 1. The zero-order valence-corrected chi connectivity index (χ0v) is 24.3. The Labute approximate surface area is 224 Å². The summed E-state index contributed by atoms with van der Waals surface area (Å²) in [7, 11) is -2.39. The van der Waals surface area contributed by atoms with Crippen LogP contribution in [0.5, 0.6) is 17.2 Å². The van der Waals surface area contributed by atoms with Gasteiger partial charge in [0.05, 0.1) is 15.6 Å². The Morgan fingerprint density at radius 1 is 1.00 bits per heavy atom. The van der Waals surface area contributed by atoms with Gasteiger partial charge in [0.1, 0.15) is 23.0 Å². The van der Waals surface area contributed by atoms with Crippen molar-refractivity contribution in [2.45, 2.75) is 74.7 Å². The first-order valence-electron chi connectivity index (χ1n) is 12.6. The van der Waals surface area contributed by atoms with Crippen LogP contribution < -0.4 is 0 Å². The summed E-state index contributed by atoms with van der Waals surface area (Å²) in [5, 5.41) is 31.0. The van der Waals surface area contributed by atoms with E-state index < -0.39 is 30.5 Å². The summed E-state index contributed by atoms with van der Waals surface area (Å²) in [4.78, 5) is 12.8. The highest BCUT2D eigenvalue weighted by Crippen LogP contribution is 2.56. The number of aromatic hydroxyl groups is 3. The number of phenolic OH excluding ortho intramolecular Hbond substituents is 3. The molecule has 200 valence electrons. The van der Waals surface area contributed by atoms with Gasteiger partial charge in [-0.05, 0) is 65.5 Å². The van der Waals surface area contributed by atoms with Gasteiger partial charge >= 0.3 is 0 Å². The van der Waals surface area contributed by atoms with Gasteiger partial charge in [-0.2, -0.15) is 0 Å². The summed E-state index contributed by atoms with van der Waals surface area (Å²) in [6, 6.07) is 8.76. The second-order valence-corrected chi connectivity index (χ2v) is 17.3. The van der Waals surface area contributed by atoms with Gasteiger partial charge in [-0.15, -0.1) is 11.8 Å². The molecule has 1 aliphatic rings. The largest absolute Gasteiger partial charge is 0.543 e. The predicted octanol–water partition coefficient (Wildman–Crippen LogP) is 7.78. The Bertz CT molecular complexity index is 1200. The van der Waals surface area contributed by atoms with Crippen molar-refractivity contribution in [3.05, 3.63) is 71.8 Å². The zero-order chi connectivity index (χ0) is 27.7. The molecule has 0 saturated carbocycles. The molecule has 0 heterocycles. The van der Waals surface area contributed by atoms with Crippen molar-refractivity contribution in [2.75, 3.05) is 0 Å². The van der Waals surface area contributed by atoms with Crippen molar-refractivity contribution >= 4 is 25.9 Å². The topological polar surface area (TPSA) is 87.0 Å². The number of allylic oxidation sites excluding steroid dienone is 2. The average molecular weight is 545 g/mol. The maximum Gasteiger partial charge on any atom is 0.258 e. The molecule has 1 aliphatic carbocycles. The lowest BCUT2D eigenvalue weighted by molar-refractivity contribution is -0.120. The van der Waals surface area contributed by atoms with Crippen LogP contribution in [0.2, 0.25) is 16.6 Å². The first-order valence-corrected chi connectivity index (χ1v) is 15.5. The average Bonchev–Trinajstić information content (AvgIpc) is 2.82. The number of hydrogen-bond donors (Lipinski definition) is 3. The number of carbonyl (C=O) groups is 1. The number of benzene rings is 2. The van der Waals surface area contributed by atoms with E-state index in [9.17, 15) is 20.1 Å². The second-order valence-electron chi connectivity index (χ2n) is 10.6. The number of halogens is 1. The first-order chi connectivity index (χ1) is 17.3. The van der Waals surface area contributed by atoms with Crippen LogP contribution in [-0.4, -0.2) is 29.4 Å². The Hall–Kier alpha value is -2.71. The van der Waals surface area contributed by atoms with Gasteiger partial charge in [0.15, 0.2) is 11.6 Å². The molecule has 2 atom stereocenters. The highest BCUT2D eigenvalue weighted by molar-refractivity contribution is 8.00. The molecular formula is C29H37FO5SSi. The standard InChI is InChI=1S/C29H37FO5SSi/c1-17(2)37(18(3)4,19(5)6)35-23-11-12-24(20(7)31)29(16-23,21-9-8-10-22(32)15-21)36-28-26(34)14-13-25(33)27(28)30/h8-19,24,32-34H,1-7H3. The van der Waals surface area contributed by atoms with Gasteiger partial charge in [-0.1, -0.05) is 59.8 Å². The molecule has 2 aromatic carbocycles. The van der Waals surface area contributed by atoms with E-state index in [1.807, 2.05) is 6.08 Å². The second kappa shape index (κ2) is 11.0. The fourth-order valence-corrected chi connectivity index (χ4v) is 12.4. The van der Waals surface area contributed by atoms with Gasteiger partial charge in [0, 0.05) is 0 Å². The van der Waals surface area contributed by atoms with Gasteiger partial charge < -0.3 is 19.7 Å². The zero-order valence-electron chi connectivity index (χ0n) is 22.4. The molecule has 5 nitrogen and oxygen atoms in total. The number of rotatable bonds is 9. The SMILES string of the molecule is CC(=O)C1C=CC(O[Si](C(C)C)(C(C)C)C(C)C)=CC1(Sc1c(O)ccc(O)c1F)c1cccc(O)c1. The maximum absolute atomic E-state index is 15.2. The van der Waals surface area contributed by atoms with E-state index in [0.29, 0.717) is 27.9 Å². The molecule has 0 aromatic heterocycles. The molecule has 0 spiro atoms. The Balaban J connectivity index is 2.32. The van der Waals surface area contributed by atoms with Crippen molar-refractivity contribution in [3.8, 4) is 17.2 Å². The minimum atomic E-state index is -2.39. The Morgan fingerprint density at radius 3 is 2.14 bits per heavy atom. The van der Waals surface area contributed by atoms with E-state index in [0.717, 1.165) is 17.8 Å². The lowest BCUT2D eigenvalue weighted by atomic mass is 9.79. The molecule has 3 rings (SSSR count). The van der Waals surface area contributed by atoms with Crippen molar-refractivity contribution < 1.29 is 28.9 Å². The first kappa shape index (κ1) is 28.9. The minimum Gasteiger partial charge on any atom is -0.543 e. The van der Waals surface area contributed by atoms with Crippen molar-refractivity contribution in [3.63, 3.8) is 0 Å². The summed E-state index contributed by atoms with van der Waals surface area (Å²) < 4.78 is 20.8. The third kappa shape index (κ3) is 5.32. The van der Waals surface area contributed by atoms with Crippen LogP contribution in [0, 0.1) is 11.7 Å². The molecule has 0 bridgehead atoms. The van der Waals surface area contributed by atoms with Crippen LogP contribution in [0.1, 0.15) is 54.0 Å². The molecule has 8 heteroatoms. The van der Waals surface area contributed by atoms with Gasteiger partial charge in [-0.25, -0.2) is 4.39 Å². The van der Waals surface area contributed by atoms with E-state index in [-0.39, 0.29) is 22.2 Å². The highest BCUT2D eigenvalue weighted by Gasteiger charge is 2.50. The molecule has 2 aromatic rings. The monoisotopic (exact) mass is 544 g/mol. The Morgan fingerprint density at radius 2 is 1.59 bits per heavy atom. The predicted molar refractivity (Wildman–Crippen MR) is 149 cm³/mol. The number of ketones is 1. The van der Waals surface area contributed by atoms with E-state index in [1.54, 1.807) is 24.3 Å². The normalized spacial score (nSPS) is 20.0.